The zero-order valence-corrected chi connectivity index (χ0v) is 15.7. The Labute approximate surface area is 157 Å². The molecule has 0 saturated heterocycles. The molecule has 144 valence electrons. The molecule has 9 heteroatoms. The molecule has 1 atom stereocenters. The monoisotopic (exact) mass is 372 g/mol. The molecule has 1 aromatic carbocycles. The van der Waals surface area contributed by atoms with E-state index in [0.717, 1.165) is 24.2 Å². The predicted octanol–water partition coefficient (Wildman–Crippen LogP) is 2.68. The van der Waals surface area contributed by atoms with Crippen LogP contribution in [0.3, 0.4) is 0 Å². The van der Waals surface area contributed by atoms with E-state index in [4.69, 9.17) is 4.74 Å². The van der Waals surface area contributed by atoms with Crippen molar-refractivity contribution in [3.05, 3.63) is 46.1 Å². The van der Waals surface area contributed by atoms with Crippen LogP contribution in [0.4, 0.5) is 17.5 Å². The molecule has 3 rings (SSSR count). The number of nitro groups is 1. The van der Waals surface area contributed by atoms with Crippen molar-refractivity contribution < 1.29 is 9.66 Å². The molecular formula is C18H24N6O3. The van der Waals surface area contributed by atoms with Gasteiger partial charge < -0.3 is 20.3 Å². The fourth-order valence-corrected chi connectivity index (χ4v) is 2.73. The van der Waals surface area contributed by atoms with Crippen LogP contribution in [-0.2, 0) is 0 Å². The summed E-state index contributed by atoms with van der Waals surface area (Å²) in [6.45, 7) is 0.556. The van der Waals surface area contributed by atoms with Crippen molar-refractivity contribution in [2.24, 2.45) is 0 Å². The molecule has 0 aliphatic heterocycles. The molecule has 2 aromatic rings. The number of aromatic nitrogens is 2. The summed E-state index contributed by atoms with van der Waals surface area (Å²) in [6, 6.07) is 8.22. The normalized spacial score (nSPS) is 14.7. The Kier molecular flexibility index (Phi) is 5.70. The second-order valence-corrected chi connectivity index (χ2v) is 6.74. The van der Waals surface area contributed by atoms with Gasteiger partial charge in [-0.15, -0.1) is 0 Å². The second-order valence-electron chi connectivity index (χ2n) is 6.74. The molecule has 0 bridgehead atoms. The van der Waals surface area contributed by atoms with Crippen LogP contribution in [-0.4, -0.2) is 53.6 Å². The number of anilines is 2. The van der Waals surface area contributed by atoms with Crippen LogP contribution in [0, 0.1) is 10.1 Å². The molecule has 0 amide bonds. The summed E-state index contributed by atoms with van der Waals surface area (Å²) in [5.74, 6) is 1.44. The van der Waals surface area contributed by atoms with Gasteiger partial charge in [-0.25, -0.2) is 4.98 Å². The highest BCUT2D eigenvalue weighted by Gasteiger charge is 2.26. The van der Waals surface area contributed by atoms with E-state index >= 15 is 0 Å². The smallest absolute Gasteiger partial charge is 0.329 e. The Hall–Kier alpha value is -2.94. The Morgan fingerprint density at radius 1 is 1.33 bits per heavy atom. The van der Waals surface area contributed by atoms with Crippen LogP contribution < -0.4 is 15.4 Å². The molecule has 1 aliphatic rings. The summed E-state index contributed by atoms with van der Waals surface area (Å²) in [4.78, 5) is 21.2. The first-order chi connectivity index (χ1) is 13.0. The second kappa shape index (κ2) is 8.17. The van der Waals surface area contributed by atoms with E-state index < -0.39 is 4.92 Å². The van der Waals surface area contributed by atoms with Gasteiger partial charge >= 0.3 is 5.69 Å². The molecule has 1 saturated carbocycles. The van der Waals surface area contributed by atoms with Gasteiger partial charge in [0, 0.05) is 12.6 Å². The predicted molar refractivity (Wildman–Crippen MR) is 103 cm³/mol. The number of likely N-dealkylation sites (N-methyl/N-ethyl adjacent to an activating group) is 1. The number of rotatable bonds is 9. The van der Waals surface area contributed by atoms with E-state index in [0.29, 0.717) is 12.5 Å². The average molecular weight is 372 g/mol. The quantitative estimate of drug-likeness (QED) is 0.511. The molecule has 27 heavy (non-hydrogen) atoms. The number of benzene rings is 1. The van der Waals surface area contributed by atoms with Gasteiger partial charge in [-0.05, 0) is 44.6 Å². The third-order valence-corrected chi connectivity index (χ3v) is 4.46. The van der Waals surface area contributed by atoms with Crippen molar-refractivity contribution in [2.45, 2.75) is 24.9 Å². The van der Waals surface area contributed by atoms with E-state index in [1.54, 1.807) is 7.11 Å². The summed E-state index contributed by atoms with van der Waals surface area (Å²) >= 11 is 0. The molecule has 0 radical (unpaired) electrons. The van der Waals surface area contributed by atoms with Crippen LogP contribution in [0.15, 0.2) is 30.5 Å². The minimum absolute atomic E-state index is 0.0783. The molecule has 1 unspecified atom stereocenters. The lowest BCUT2D eigenvalue weighted by Gasteiger charge is -2.25. The largest absolute Gasteiger partial charge is 0.497 e. The van der Waals surface area contributed by atoms with Gasteiger partial charge in [-0.2, -0.15) is 4.98 Å². The van der Waals surface area contributed by atoms with E-state index in [2.05, 4.69) is 25.5 Å². The van der Waals surface area contributed by atoms with E-state index in [-0.39, 0.29) is 23.6 Å². The number of methoxy groups -OCH3 is 1. The summed E-state index contributed by atoms with van der Waals surface area (Å²) in [5.41, 5.74) is 1.01. The first-order valence-corrected chi connectivity index (χ1v) is 8.80. The van der Waals surface area contributed by atoms with Crippen LogP contribution in [0.2, 0.25) is 0 Å². The van der Waals surface area contributed by atoms with Gasteiger partial charge in [-0.1, -0.05) is 12.1 Å². The molecule has 0 spiro atoms. The van der Waals surface area contributed by atoms with Gasteiger partial charge in [0.05, 0.1) is 18.1 Å². The van der Waals surface area contributed by atoms with Gasteiger partial charge in [0.1, 0.15) is 11.9 Å². The molecule has 1 fully saturated rings. The lowest BCUT2D eigenvalue weighted by atomic mass is 10.1. The van der Waals surface area contributed by atoms with Gasteiger partial charge in [0.2, 0.25) is 11.8 Å². The zero-order chi connectivity index (χ0) is 19.4. The fourth-order valence-electron chi connectivity index (χ4n) is 2.73. The minimum atomic E-state index is -0.464. The molecule has 1 aromatic heterocycles. The average Bonchev–Trinajstić information content (AvgIpc) is 3.46. The number of nitrogens with one attached hydrogen (secondary N) is 2. The van der Waals surface area contributed by atoms with Crippen molar-refractivity contribution >= 4 is 17.5 Å². The van der Waals surface area contributed by atoms with E-state index in [9.17, 15) is 10.1 Å². The van der Waals surface area contributed by atoms with E-state index in [1.807, 2.05) is 38.4 Å². The maximum atomic E-state index is 11.2. The van der Waals surface area contributed by atoms with Crippen molar-refractivity contribution in [3.63, 3.8) is 0 Å². The number of hydrogen-bond donors (Lipinski definition) is 2. The first-order valence-electron chi connectivity index (χ1n) is 8.80. The fraction of sp³-hybridized carbons (Fsp3) is 0.444. The summed E-state index contributed by atoms with van der Waals surface area (Å²) in [7, 11) is 5.62. The van der Waals surface area contributed by atoms with Crippen LogP contribution in [0.25, 0.3) is 0 Å². The minimum Gasteiger partial charge on any atom is -0.497 e. The summed E-state index contributed by atoms with van der Waals surface area (Å²) < 4.78 is 5.21. The molecule has 2 N–H and O–H groups in total. The molecule has 1 heterocycles. The highest BCUT2D eigenvalue weighted by Crippen LogP contribution is 2.29. The van der Waals surface area contributed by atoms with Crippen LogP contribution in [0.1, 0.15) is 24.4 Å². The SMILES string of the molecule is COc1ccc(C(CNc2ncc([N+](=O)[O-])c(NC3CC3)n2)N(C)C)cc1. The highest BCUT2D eigenvalue weighted by molar-refractivity contribution is 5.58. The topological polar surface area (TPSA) is 105 Å². The van der Waals surface area contributed by atoms with Crippen LogP contribution >= 0.6 is 0 Å². The zero-order valence-electron chi connectivity index (χ0n) is 15.7. The van der Waals surface area contributed by atoms with Crippen molar-refractivity contribution in [1.82, 2.24) is 14.9 Å². The van der Waals surface area contributed by atoms with Crippen LogP contribution in [0.5, 0.6) is 5.75 Å². The Bertz CT molecular complexity index is 792. The summed E-state index contributed by atoms with van der Waals surface area (Å²) in [5, 5.41) is 17.5. The van der Waals surface area contributed by atoms with Crippen molar-refractivity contribution in [2.75, 3.05) is 38.4 Å². The third-order valence-electron chi connectivity index (χ3n) is 4.46. The number of nitrogens with zero attached hydrogens (tertiary/aromatic N) is 4. The molecular weight excluding hydrogens is 348 g/mol. The first kappa shape index (κ1) is 18.8. The van der Waals surface area contributed by atoms with Gasteiger partial charge in [0.25, 0.3) is 0 Å². The Morgan fingerprint density at radius 3 is 2.59 bits per heavy atom. The van der Waals surface area contributed by atoms with Crippen molar-refractivity contribution in [1.29, 1.82) is 0 Å². The summed E-state index contributed by atoms with van der Waals surface area (Å²) in [6.07, 6.45) is 3.26. The van der Waals surface area contributed by atoms with Gasteiger partial charge in [0.15, 0.2) is 0 Å². The lowest BCUT2D eigenvalue weighted by molar-refractivity contribution is -0.384. The standard InChI is InChI=1S/C18H24N6O3/c1-23(2)15(12-4-8-14(27-3)9-5-12)10-19-18-20-11-16(24(25)26)17(22-18)21-13-6-7-13/h4-5,8-9,11,13,15H,6-7,10H2,1-3H3,(H2,19,20,21,22). The lowest BCUT2D eigenvalue weighted by Crippen LogP contribution is -2.27. The third kappa shape index (κ3) is 4.82. The Balaban J connectivity index is 1.73. The number of hydrogen-bond acceptors (Lipinski definition) is 8. The molecule has 1 aliphatic carbocycles. The Morgan fingerprint density at radius 2 is 2.04 bits per heavy atom. The van der Waals surface area contributed by atoms with E-state index in [1.165, 1.54) is 6.20 Å². The highest BCUT2D eigenvalue weighted by atomic mass is 16.6. The number of ether oxygens (including phenoxy) is 1. The molecule has 9 nitrogen and oxygen atoms in total. The van der Waals surface area contributed by atoms with Gasteiger partial charge in [-0.3, -0.25) is 10.1 Å². The maximum absolute atomic E-state index is 11.2. The maximum Gasteiger partial charge on any atom is 0.329 e. The van der Waals surface area contributed by atoms with Crippen molar-refractivity contribution in [3.8, 4) is 5.75 Å².